The molecule has 6 heteroatoms. The van der Waals surface area contributed by atoms with Gasteiger partial charge < -0.3 is 9.15 Å². The van der Waals surface area contributed by atoms with Crippen molar-refractivity contribution in [2.24, 2.45) is 0 Å². The quantitative estimate of drug-likeness (QED) is 0.625. The Morgan fingerprint density at radius 1 is 1.42 bits per heavy atom. The molecule has 98 valence electrons. The zero-order valence-corrected chi connectivity index (χ0v) is 12.1. The molecule has 0 saturated heterocycles. The van der Waals surface area contributed by atoms with Crippen LogP contribution in [0.4, 0.5) is 0 Å². The first kappa shape index (κ1) is 13.8. The first-order valence-corrected chi connectivity index (χ1v) is 6.36. The molecular weight excluding hydrogens is 335 g/mol. The van der Waals surface area contributed by atoms with E-state index >= 15 is 0 Å². The molecule has 1 aromatic heterocycles. The third-order valence-electron chi connectivity index (χ3n) is 2.45. The lowest BCUT2D eigenvalue weighted by atomic mass is 10.1. The van der Waals surface area contributed by atoms with Gasteiger partial charge in [-0.05, 0) is 40.2 Å². The fourth-order valence-corrected chi connectivity index (χ4v) is 2.65. The summed E-state index contributed by atoms with van der Waals surface area (Å²) in [5.41, 5.74) is 0.748. The monoisotopic (exact) mass is 342 g/mol. The van der Waals surface area contributed by atoms with Crippen LogP contribution in [0.25, 0.3) is 11.3 Å². The summed E-state index contributed by atoms with van der Waals surface area (Å²) in [7, 11) is 1.28. The highest BCUT2D eigenvalue weighted by Gasteiger charge is 2.20. The number of esters is 1. The second-order valence-corrected chi connectivity index (χ2v) is 4.91. The lowest BCUT2D eigenvalue weighted by Crippen LogP contribution is -2.04. The minimum Gasteiger partial charge on any atom is -0.465 e. The Hall–Kier alpha value is -1.59. The molecule has 0 unspecified atom stereocenters. The van der Waals surface area contributed by atoms with E-state index < -0.39 is 5.97 Å². The second kappa shape index (κ2) is 5.59. The summed E-state index contributed by atoms with van der Waals surface area (Å²) < 4.78 is 10.6. The van der Waals surface area contributed by atoms with Gasteiger partial charge in [0.25, 0.3) is 0 Å². The van der Waals surface area contributed by atoms with E-state index in [1.54, 1.807) is 12.1 Å². The second-order valence-electron chi connectivity index (χ2n) is 3.62. The molecule has 0 radical (unpaired) electrons. The number of carbonyl (C=O) groups is 2. The molecule has 0 saturated carbocycles. The van der Waals surface area contributed by atoms with E-state index in [0.29, 0.717) is 27.1 Å². The Kier molecular flexibility index (Phi) is 4.07. The molecule has 0 N–H and O–H groups in total. The summed E-state index contributed by atoms with van der Waals surface area (Å²) in [6, 6.07) is 6.23. The number of hydrogen-bond acceptors (Lipinski definition) is 4. The summed E-state index contributed by atoms with van der Waals surface area (Å²) in [5, 5.41) is 0.387. The van der Waals surface area contributed by atoms with E-state index in [9.17, 15) is 9.59 Å². The van der Waals surface area contributed by atoms with Crippen LogP contribution in [0, 0.1) is 0 Å². The molecule has 0 amide bonds. The van der Waals surface area contributed by atoms with Crippen LogP contribution in [0.2, 0.25) is 5.02 Å². The van der Waals surface area contributed by atoms with E-state index in [1.165, 1.54) is 19.2 Å². The van der Waals surface area contributed by atoms with Crippen molar-refractivity contribution in [1.82, 2.24) is 0 Å². The van der Waals surface area contributed by atoms with Crippen molar-refractivity contribution in [2.45, 2.75) is 0 Å². The first-order valence-electron chi connectivity index (χ1n) is 5.19. The van der Waals surface area contributed by atoms with Crippen molar-refractivity contribution in [3.05, 3.63) is 45.1 Å². The topological polar surface area (TPSA) is 56.5 Å². The Labute approximate surface area is 122 Å². The smallest absolute Gasteiger partial charge is 0.338 e. The number of aldehydes is 1. The zero-order valence-electron chi connectivity index (χ0n) is 9.78. The van der Waals surface area contributed by atoms with Gasteiger partial charge in [0, 0.05) is 15.1 Å². The standard InChI is InChI=1S/C13H8BrClO4/c1-18-13(17)9-4-7(15)5-10(14)12(9)11-3-2-8(6-16)19-11/h2-6H,1H3. The molecule has 0 aliphatic heterocycles. The minimum atomic E-state index is -0.540. The number of benzene rings is 1. The van der Waals surface area contributed by atoms with Crippen LogP contribution in [-0.4, -0.2) is 19.4 Å². The number of furan rings is 1. The molecule has 0 aliphatic rings. The van der Waals surface area contributed by atoms with Crippen LogP contribution in [0.15, 0.2) is 33.2 Å². The predicted molar refractivity (Wildman–Crippen MR) is 73.6 cm³/mol. The fraction of sp³-hybridized carbons (Fsp3) is 0.0769. The largest absolute Gasteiger partial charge is 0.465 e. The van der Waals surface area contributed by atoms with Gasteiger partial charge in [-0.2, -0.15) is 0 Å². The Balaban J connectivity index is 2.66. The Bertz CT molecular complexity index is 648. The molecule has 19 heavy (non-hydrogen) atoms. The van der Waals surface area contributed by atoms with Crippen molar-refractivity contribution in [3.63, 3.8) is 0 Å². The highest BCUT2D eigenvalue weighted by molar-refractivity contribution is 9.10. The van der Waals surface area contributed by atoms with E-state index in [0.717, 1.165) is 0 Å². The number of halogens is 2. The molecule has 0 aliphatic carbocycles. The van der Waals surface area contributed by atoms with E-state index in [4.69, 9.17) is 20.8 Å². The maximum atomic E-state index is 11.8. The number of hydrogen-bond donors (Lipinski definition) is 0. The molecule has 1 heterocycles. The van der Waals surface area contributed by atoms with Crippen LogP contribution in [0.1, 0.15) is 20.9 Å². The predicted octanol–water partition coefficient (Wildman–Crippen LogP) is 3.96. The van der Waals surface area contributed by atoms with Crippen LogP contribution in [0.3, 0.4) is 0 Å². The van der Waals surface area contributed by atoms with Gasteiger partial charge in [0.1, 0.15) is 5.76 Å². The average molecular weight is 344 g/mol. The highest BCUT2D eigenvalue weighted by atomic mass is 79.9. The van der Waals surface area contributed by atoms with Gasteiger partial charge >= 0.3 is 5.97 Å². The van der Waals surface area contributed by atoms with Crippen molar-refractivity contribution in [3.8, 4) is 11.3 Å². The summed E-state index contributed by atoms with van der Waals surface area (Å²) in [5.74, 6) is 0.0148. The molecule has 2 rings (SSSR count). The number of ether oxygens (including phenoxy) is 1. The number of carbonyl (C=O) groups excluding carboxylic acids is 2. The third kappa shape index (κ3) is 2.72. The van der Waals surface area contributed by atoms with Crippen LogP contribution in [0.5, 0.6) is 0 Å². The molecule has 4 nitrogen and oxygen atoms in total. The zero-order chi connectivity index (χ0) is 14.0. The van der Waals surface area contributed by atoms with Crippen molar-refractivity contribution in [1.29, 1.82) is 0 Å². The first-order chi connectivity index (χ1) is 9.06. The molecule has 1 aromatic carbocycles. The molecule has 0 fully saturated rings. The van der Waals surface area contributed by atoms with Gasteiger partial charge in [0.2, 0.25) is 0 Å². The van der Waals surface area contributed by atoms with Crippen molar-refractivity contribution >= 4 is 39.8 Å². The minimum absolute atomic E-state index is 0.174. The molecule has 0 bridgehead atoms. The maximum Gasteiger partial charge on any atom is 0.338 e. The SMILES string of the molecule is COC(=O)c1cc(Cl)cc(Br)c1-c1ccc(C=O)o1. The van der Waals surface area contributed by atoms with Gasteiger partial charge in [-0.15, -0.1) is 0 Å². The molecule has 2 aromatic rings. The van der Waals surface area contributed by atoms with Gasteiger partial charge in [-0.25, -0.2) is 4.79 Å². The van der Waals surface area contributed by atoms with Crippen molar-refractivity contribution < 1.29 is 18.7 Å². The lowest BCUT2D eigenvalue weighted by molar-refractivity contribution is 0.0601. The van der Waals surface area contributed by atoms with Gasteiger partial charge in [0.05, 0.1) is 12.7 Å². The van der Waals surface area contributed by atoms with Crippen LogP contribution in [-0.2, 0) is 4.74 Å². The maximum absolute atomic E-state index is 11.8. The number of methoxy groups -OCH3 is 1. The number of rotatable bonds is 3. The fourth-order valence-electron chi connectivity index (χ4n) is 1.65. The van der Waals surface area contributed by atoms with E-state index in [2.05, 4.69) is 15.9 Å². The Morgan fingerprint density at radius 3 is 2.74 bits per heavy atom. The molecule has 0 spiro atoms. The van der Waals surface area contributed by atoms with Gasteiger partial charge in [-0.1, -0.05) is 11.6 Å². The normalized spacial score (nSPS) is 10.3. The van der Waals surface area contributed by atoms with Crippen LogP contribution >= 0.6 is 27.5 Å². The Morgan fingerprint density at radius 2 is 2.16 bits per heavy atom. The van der Waals surface area contributed by atoms with Crippen LogP contribution < -0.4 is 0 Å². The molecular formula is C13H8BrClO4. The van der Waals surface area contributed by atoms with Gasteiger partial charge in [0.15, 0.2) is 12.0 Å². The van der Waals surface area contributed by atoms with E-state index in [-0.39, 0.29) is 11.3 Å². The lowest BCUT2D eigenvalue weighted by Gasteiger charge is -2.08. The highest BCUT2D eigenvalue weighted by Crippen LogP contribution is 2.35. The van der Waals surface area contributed by atoms with E-state index in [1.807, 2.05) is 0 Å². The summed E-state index contributed by atoms with van der Waals surface area (Å²) in [4.78, 5) is 22.4. The van der Waals surface area contributed by atoms with Gasteiger partial charge in [-0.3, -0.25) is 4.79 Å². The summed E-state index contributed by atoms with van der Waals surface area (Å²) in [6.45, 7) is 0. The van der Waals surface area contributed by atoms with Crippen molar-refractivity contribution in [2.75, 3.05) is 7.11 Å². The summed E-state index contributed by atoms with van der Waals surface area (Å²) >= 11 is 9.24. The molecule has 0 atom stereocenters. The average Bonchev–Trinajstić information content (AvgIpc) is 2.85. The third-order valence-corrected chi connectivity index (χ3v) is 3.29. The summed E-state index contributed by atoms with van der Waals surface area (Å²) in [6.07, 6.45) is 0.588.